The summed E-state index contributed by atoms with van der Waals surface area (Å²) < 4.78 is 63.2. The van der Waals surface area contributed by atoms with Crippen LogP contribution in [0.5, 0.6) is 0 Å². The minimum absolute atomic E-state index is 0.0237. The number of hydrogen-bond acceptors (Lipinski definition) is 5. The Morgan fingerprint density at radius 1 is 1.14 bits per heavy atom. The van der Waals surface area contributed by atoms with Gasteiger partial charge in [-0.3, -0.25) is 4.72 Å². The highest BCUT2D eigenvalue weighted by Crippen LogP contribution is 2.55. The van der Waals surface area contributed by atoms with Crippen LogP contribution in [0.2, 0.25) is 0 Å². The van der Waals surface area contributed by atoms with Gasteiger partial charge in [0.1, 0.15) is 29.7 Å². The highest BCUT2D eigenvalue weighted by atomic mass is 32.2. The van der Waals surface area contributed by atoms with Crippen LogP contribution in [0.25, 0.3) is 11.1 Å². The minimum atomic E-state index is -0.737. The van der Waals surface area contributed by atoms with E-state index in [0.717, 1.165) is 68.7 Å². The molecule has 0 aromatic heterocycles. The van der Waals surface area contributed by atoms with E-state index in [1.54, 1.807) is 19.2 Å². The van der Waals surface area contributed by atoms with Crippen LogP contribution in [0.1, 0.15) is 31.2 Å². The second-order valence-corrected chi connectivity index (χ2v) is 11.0. The lowest BCUT2D eigenvalue weighted by atomic mass is 9.91. The Hall–Kier alpha value is -1.94. The molecule has 2 aromatic rings. The first kappa shape index (κ1) is 27.1. The molecule has 196 valence electrons. The number of aldehydes is 1. The van der Waals surface area contributed by atoms with E-state index in [-0.39, 0.29) is 34.0 Å². The van der Waals surface area contributed by atoms with E-state index < -0.39 is 23.5 Å². The number of nitrogens with zero attached hydrogens (tertiary/aromatic N) is 1. The lowest BCUT2D eigenvalue weighted by molar-refractivity contribution is -0.113. The van der Waals surface area contributed by atoms with Gasteiger partial charge in [0.25, 0.3) is 0 Å². The summed E-state index contributed by atoms with van der Waals surface area (Å²) in [5, 5.41) is 0. The fourth-order valence-corrected chi connectivity index (χ4v) is 5.89. The Morgan fingerprint density at radius 3 is 2.36 bits per heavy atom. The third kappa shape index (κ3) is 5.96. The minimum Gasteiger partial charge on any atom is -0.384 e. The number of carbonyl (C=O) groups excluding carboxylic acids is 1. The standard InChI is InChI=1S/C21H22F4N2S.C6H10O2/c1-27-11-21(5-6-21)20(26-28-12-22)18(27)9-13-3-2-4-17(19(13)25)14-7-15(23)10-16(24)8-14;1-8-5-6(4-7)2-3-6/h2-4,7-8,10,18,20,26H,5-6,9,11-12H2,1H3;4H,2-3,5H2,1H3. The maximum absolute atomic E-state index is 15.2. The fraction of sp³-hybridized carbons (Fsp3) is 0.519. The summed E-state index contributed by atoms with van der Waals surface area (Å²) in [5.74, 6) is -1.94. The number of nitrogens with one attached hydrogen (secondary N) is 1. The van der Waals surface area contributed by atoms with E-state index in [2.05, 4.69) is 9.62 Å². The summed E-state index contributed by atoms with van der Waals surface area (Å²) >= 11 is 1.05. The van der Waals surface area contributed by atoms with E-state index in [0.29, 0.717) is 18.6 Å². The second kappa shape index (κ2) is 11.2. The zero-order chi connectivity index (χ0) is 25.9. The molecule has 2 atom stereocenters. The number of likely N-dealkylation sites (tertiary alicyclic amines) is 1. The maximum atomic E-state index is 15.2. The van der Waals surface area contributed by atoms with Gasteiger partial charge in [0.2, 0.25) is 0 Å². The molecule has 2 aliphatic carbocycles. The Labute approximate surface area is 213 Å². The van der Waals surface area contributed by atoms with Crippen LogP contribution in [0.15, 0.2) is 36.4 Å². The van der Waals surface area contributed by atoms with Crippen LogP contribution < -0.4 is 4.72 Å². The van der Waals surface area contributed by atoms with Crippen molar-refractivity contribution in [2.24, 2.45) is 10.8 Å². The molecule has 4 nitrogen and oxygen atoms in total. The number of rotatable bonds is 9. The first-order valence-corrected chi connectivity index (χ1v) is 13.1. The number of likely N-dealkylation sites (N-methyl/N-ethyl adjacent to an activating group) is 1. The summed E-state index contributed by atoms with van der Waals surface area (Å²) in [6.07, 6.45) is 5.66. The Kier molecular flexibility index (Phi) is 8.44. The average molecular weight is 525 g/mol. The van der Waals surface area contributed by atoms with Crippen molar-refractivity contribution < 1.29 is 27.1 Å². The van der Waals surface area contributed by atoms with Gasteiger partial charge in [0, 0.05) is 48.2 Å². The van der Waals surface area contributed by atoms with Crippen molar-refractivity contribution in [3.05, 3.63) is 59.4 Å². The number of alkyl halides is 1. The van der Waals surface area contributed by atoms with Crippen LogP contribution in [0.3, 0.4) is 0 Å². The van der Waals surface area contributed by atoms with Gasteiger partial charge in [-0.15, -0.1) is 0 Å². The normalized spacial score (nSPS) is 23.3. The molecule has 2 unspecified atom stereocenters. The van der Waals surface area contributed by atoms with Crippen molar-refractivity contribution in [1.82, 2.24) is 9.62 Å². The Bertz CT molecular complexity index is 1060. The van der Waals surface area contributed by atoms with Gasteiger partial charge in [-0.1, -0.05) is 18.2 Å². The second-order valence-electron chi connectivity index (χ2n) is 10.2. The molecule has 2 saturated carbocycles. The van der Waals surface area contributed by atoms with E-state index >= 15 is 4.39 Å². The van der Waals surface area contributed by atoms with Crippen molar-refractivity contribution in [3.8, 4) is 11.1 Å². The quantitative estimate of drug-likeness (QED) is 0.265. The Balaban J connectivity index is 0.000000325. The fourth-order valence-electron chi connectivity index (χ4n) is 5.24. The van der Waals surface area contributed by atoms with Crippen LogP contribution in [-0.4, -0.2) is 56.6 Å². The molecule has 0 amide bonds. The van der Waals surface area contributed by atoms with E-state index in [4.69, 9.17) is 4.74 Å². The first-order chi connectivity index (χ1) is 17.3. The van der Waals surface area contributed by atoms with Crippen LogP contribution in [0, 0.1) is 28.3 Å². The van der Waals surface area contributed by atoms with Crippen molar-refractivity contribution in [3.63, 3.8) is 0 Å². The van der Waals surface area contributed by atoms with E-state index in [1.807, 2.05) is 7.05 Å². The number of carbonyl (C=O) groups is 1. The van der Waals surface area contributed by atoms with Gasteiger partial charge >= 0.3 is 0 Å². The maximum Gasteiger partial charge on any atom is 0.149 e. The SMILES string of the molecule is CN1CC2(CC2)C(NSCF)C1Cc1cccc(-c2cc(F)cc(F)c2)c1F.COCC1(C=O)CC1. The highest BCUT2D eigenvalue weighted by molar-refractivity contribution is 7.97. The average Bonchev–Trinajstić information content (AvgIpc) is 3.76. The molecule has 1 saturated heterocycles. The lowest BCUT2D eigenvalue weighted by Crippen LogP contribution is -2.43. The van der Waals surface area contributed by atoms with Crippen LogP contribution in [0.4, 0.5) is 17.6 Å². The highest BCUT2D eigenvalue weighted by Gasteiger charge is 2.58. The molecule has 0 radical (unpaired) electrons. The number of hydrogen-bond donors (Lipinski definition) is 1. The molecule has 3 aliphatic rings. The largest absolute Gasteiger partial charge is 0.384 e. The number of methoxy groups -OCH3 is 1. The smallest absolute Gasteiger partial charge is 0.149 e. The third-order valence-electron chi connectivity index (χ3n) is 7.59. The van der Waals surface area contributed by atoms with Gasteiger partial charge < -0.3 is 14.4 Å². The molecule has 0 bridgehead atoms. The molecule has 5 rings (SSSR count). The molecule has 1 heterocycles. The van der Waals surface area contributed by atoms with Crippen molar-refractivity contribution in [1.29, 1.82) is 0 Å². The summed E-state index contributed by atoms with van der Waals surface area (Å²) in [6.45, 7) is 1.51. The molecule has 2 aromatic carbocycles. The number of halogens is 4. The lowest BCUT2D eigenvalue weighted by Gasteiger charge is -2.27. The zero-order valence-corrected chi connectivity index (χ0v) is 21.4. The summed E-state index contributed by atoms with van der Waals surface area (Å²) in [5.41, 5.74) is 0.933. The van der Waals surface area contributed by atoms with Crippen molar-refractivity contribution in [2.45, 2.75) is 44.2 Å². The van der Waals surface area contributed by atoms with Crippen molar-refractivity contribution in [2.75, 3.05) is 33.3 Å². The third-order valence-corrected chi connectivity index (χ3v) is 8.12. The molecule has 1 N–H and O–H groups in total. The van der Waals surface area contributed by atoms with Gasteiger partial charge in [-0.25, -0.2) is 17.6 Å². The summed E-state index contributed by atoms with van der Waals surface area (Å²) in [6, 6.07) is 7.57. The predicted octanol–water partition coefficient (Wildman–Crippen LogP) is 5.55. The Morgan fingerprint density at radius 2 is 1.83 bits per heavy atom. The monoisotopic (exact) mass is 524 g/mol. The first-order valence-electron chi connectivity index (χ1n) is 12.1. The van der Waals surface area contributed by atoms with Crippen molar-refractivity contribution >= 4 is 18.2 Å². The molecule has 1 aliphatic heterocycles. The molecule has 36 heavy (non-hydrogen) atoms. The summed E-state index contributed by atoms with van der Waals surface area (Å²) in [7, 11) is 3.64. The van der Waals surface area contributed by atoms with Crippen LogP contribution >= 0.6 is 11.9 Å². The summed E-state index contributed by atoms with van der Waals surface area (Å²) in [4.78, 5) is 12.4. The molecular formula is C27H32F4N2O2S. The predicted molar refractivity (Wildman–Crippen MR) is 134 cm³/mol. The van der Waals surface area contributed by atoms with Gasteiger partial charge in [-0.05, 0) is 74.4 Å². The van der Waals surface area contributed by atoms with Crippen LogP contribution in [-0.2, 0) is 16.0 Å². The molecular weight excluding hydrogens is 492 g/mol. The van der Waals surface area contributed by atoms with Gasteiger partial charge in [0.15, 0.2) is 0 Å². The molecule has 9 heteroatoms. The van der Waals surface area contributed by atoms with E-state index in [9.17, 15) is 18.0 Å². The number of ether oxygens (including phenoxy) is 1. The molecule has 3 fully saturated rings. The van der Waals surface area contributed by atoms with E-state index in [1.165, 1.54) is 6.07 Å². The zero-order valence-electron chi connectivity index (χ0n) is 20.5. The molecule has 1 spiro atoms. The number of benzene rings is 2. The van der Waals surface area contributed by atoms with Gasteiger partial charge in [0.05, 0.1) is 6.61 Å². The van der Waals surface area contributed by atoms with Gasteiger partial charge in [-0.2, -0.15) is 0 Å². The topological polar surface area (TPSA) is 41.6 Å².